The fourth-order valence-electron chi connectivity index (χ4n) is 6.79. The van der Waals surface area contributed by atoms with E-state index in [0.29, 0.717) is 10.2 Å². The van der Waals surface area contributed by atoms with E-state index >= 15 is 0 Å². The highest BCUT2D eigenvalue weighted by molar-refractivity contribution is 9.10. The van der Waals surface area contributed by atoms with E-state index in [-0.39, 0.29) is 5.41 Å². The van der Waals surface area contributed by atoms with Gasteiger partial charge < -0.3 is 4.90 Å². The average molecular weight is 436 g/mol. The number of amides is 1. The van der Waals surface area contributed by atoms with Gasteiger partial charge in [-0.3, -0.25) is 14.8 Å². The number of carbonyl (C=O) groups excluding carboxylic acids is 1. The fourth-order valence-corrected chi connectivity index (χ4v) is 8.30. The van der Waals surface area contributed by atoms with Crippen molar-refractivity contribution in [2.45, 2.75) is 62.7 Å². The third-order valence-corrected chi connectivity index (χ3v) is 8.30. The first-order valence-corrected chi connectivity index (χ1v) is 11.3. The van der Waals surface area contributed by atoms with Crippen molar-refractivity contribution in [2.24, 2.45) is 17.3 Å². The molecule has 1 aliphatic heterocycles. The predicted molar refractivity (Wildman–Crippen MR) is 106 cm³/mol. The van der Waals surface area contributed by atoms with Crippen LogP contribution in [0.25, 0.3) is 0 Å². The third-order valence-electron chi connectivity index (χ3n) is 7.37. The minimum atomic E-state index is 0.276. The van der Waals surface area contributed by atoms with E-state index in [1.807, 2.05) is 6.92 Å². The van der Waals surface area contributed by atoms with Crippen LogP contribution in [-0.2, 0) is 11.3 Å². The van der Waals surface area contributed by atoms with Crippen LogP contribution in [0, 0.1) is 24.2 Å². The van der Waals surface area contributed by atoms with Crippen molar-refractivity contribution in [3.63, 3.8) is 0 Å². The number of nitrogens with zero attached hydrogens (tertiary/aromatic N) is 4. The number of rotatable bonds is 4. The number of nitrogens with one attached hydrogen (secondary N) is 1. The lowest BCUT2D eigenvalue weighted by atomic mass is 9.48. The summed E-state index contributed by atoms with van der Waals surface area (Å²) in [6, 6.07) is 0. The second-order valence-electron chi connectivity index (χ2n) is 9.78. The Balaban J connectivity index is 1.17. The molecule has 1 aromatic rings. The SMILES string of the molecule is Cc1nc(CN2CCN(C(=O)CC34CC5CC(CC(Br)(C5)C3)C4)CC2)n[nH]1. The molecular formula is C20H30BrN5O. The van der Waals surface area contributed by atoms with Gasteiger partial charge in [-0.25, -0.2) is 4.98 Å². The Morgan fingerprint density at radius 3 is 2.48 bits per heavy atom. The molecule has 4 saturated carbocycles. The minimum absolute atomic E-state index is 0.276. The van der Waals surface area contributed by atoms with Crippen LogP contribution in [0.2, 0.25) is 0 Å². The summed E-state index contributed by atoms with van der Waals surface area (Å²) < 4.78 is 0.338. The molecule has 0 spiro atoms. The highest BCUT2D eigenvalue weighted by atomic mass is 79.9. The number of halogens is 1. The summed E-state index contributed by atoms with van der Waals surface area (Å²) in [5, 5.41) is 7.13. The molecule has 6 nitrogen and oxygen atoms in total. The average Bonchev–Trinajstić information content (AvgIpc) is 2.97. The van der Waals surface area contributed by atoms with Gasteiger partial charge in [-0.15, -0.1) is 0 Å². The molecule has 2 unspecified atom stereocenters. The fraction of sp³-hybridized carbons (Fsp3) is 0.850. The maximum atomic E-state index is 13.1. The van der Waals surface area contributed by atoms with E-state index in [1.165, 1.54) is 38.5 Å². The van der Waals surface area contributed by atoms with E-state index in [1.54, 1.807) is 0 Å². The number of hydrogen-bond acceptors (Lipinski definition) is 4. The topological polar surface area (TPSA) is 65.1 Å². The Hall–Kier alpha value is -0.950. The van der Waals surface area contributed by atoms with Gasteiger partial charge in [0.05, 0.1) is 6.54 Å². The van der Waals surface area contributed by atoms with Crippen LogP contribution in [0.15, 0.2) is 0 Å². The van der Waals surface area contributed by atoms with Crippen molar-refractivity contribution in [3.8, 4) is 0 Å². The second kappa shape index (κ2) is 6.55. The number of aromatic amines is 1. The van der Waals surface area contributed by atoms with Crippen molar-refractivity contribution < 1.29 is 4.79 Å². The summed E-state index contributed by atoms with van der Waals surface area (Å²) in [5.74, 6) is 3.80. The Labute approximate surface area is 169 Å². The molecule has 5 aliphatic rings. The summed E-state index contributed by atoms with van der Waals surface area (Å²) >= 11 is 4.07. The van der Waals surface area contributed by atoms with Crippen molar-refractivity contribution in [1.29, 1.82) is 0 Å². The predicted octanol–water partition coefficient (Wildman–Crippen LogP) is 2.88. The van der Waals surface area contributed by atoms with Gasteiger partial charge in [0.1, 0.15) is 5.82 Å². The zero-order chi connectivity index (χ0) is 18.6. The number of H-pyrrole nitrogens is 1. The first-order valence-electron chi connectivity index (χ1n) is 10.5. The van der Waals surface area contributed by atoms with Gasteiger partial charge in [0.25, 0.3) is 0 Å². The van der Waals surface area contributed by atoms with Crippen LogP contribution >= 0.6 is 15.9 Å². The first kappa shape index (κ1) is 18.1. The molecule has 1 saturated heterocycles. The highest BCUT2D eigenvalue weighted by Gasteiger charge is 2.57. The maximum Gasteiger partial charge on any atom is 0.223 e. The number of piperazine rings is 1. The smallest absolute Gasteiger partial charge is 0.223 e. The molecule has 27 heavy (non-hydrogen) atoms. The van der Waals surface area contributed by atoms with E-state index < -0.39 is 0 Å². The number of hydrogen-bond donors (Lipinski definition) is 1. The van der Waals surface area contributed by atoms with Crippen molar-refractivity contribution in [2.75, 3.05) is 26.2 Å². The lowest BCUT2D eigenvalue weighted by Crippen LogP contribution is -2.55. The molecule has 1 aromatic heterocycles. The van der Waals surface area contributed by atoms with Crippen molar-refractivity contribution in [1.82, 2.24) is 25.0 Å². The van der Waals surface area contributed by atoms with E-state index in [9.17, 15) is 4.79 Å². The molecule has 148 valence electrons. The molecule has 2 heterocycles. The van der Waals surface area contributed by atoms with Gasteiger partial charge >= 0.3 is 0 Å². The minimum Gasteiger partial charge on any atom is -0.340 e. The summed E-state index contributed by atoms with van der Waals surface area (Å²) in [7, 11) is 0. The Morgan fingerprint density at radius 2 is 1.89 bits per heavy atom. The number of aryl methyl sites for hydroxylation is 1. The Morgan fingerprint density at radius 1 is 1.19 bits per heavy atom. The summed E-state index contributed by atoms with van der Waals surface area (Å²) in [4.78, 5) is 22.0. The summed E-state index contributed by atoms with van der Waals surface area (Å²) in [6.45, 7) is 6.20. The molecule has 7 heteroatoms. The first-order chi connectivity index (χ1) is 12.9. The normalized spacial score (nSPS) is 38.5. The summed E-state index contributed by atoms with van der Waals surface area (Å²) in [5.41, 5.74) is 0.276. The lowest BCUT2D eigenvalue weighted by Gasteiger charge is -2.60. The molecule has 1 N–H and O–H groups in total. The van der Waals surface area contributed by atoms with E-state index in [2.05, 4.69) is 40.9 Å². The largest absolute Gasteiger partial charge is 0.340 e. The molecule has 1 amide bonds. The third kappa shape index (κ3) is 3.57. The molecule has 4 bridgehead atoms. The van der Waals surface area contributed by atoms with E-state index in [0.717, 1.165) is 62.6 Å². The number of carbonyl (C=O) groups is 1. The van der Waals surface area contributed by atoms with Gasteiger partial charge in [0, 0.05) is 36.9 Å². The highest BCUT2D eigenvalue weighted by Crippen LogP contribution is 2.65. The van der Waals surface area contributed by atoms with Crippen LogP contribution in [-0.4, -0.2) is 61.4 Å². The van der Waals surface area contributed by atoms with Gasteiger partial charge in [-0.2, -0.15) is 5.10 Å². The van der Waals surface area contributed by atoms with Crippen molar-refractivity contribution >= 4 is 21.8 Å². The Bertz CT molecular complexity index is 712. The number of aromatic nitrogens is 3. The maximum absolute atomic E-state index is 13.1. The van der Waals surface area contributed by atoms with Crippen LogP contribution in [0.3, 0.4) is 0 Å². The molecule has 2 atom stereocenters. The zero-order valence-corrected chi connectivity index (χ0v) is 17.8. The standard InChI is InChI=1S/C20H30BrN5O/c1-14-22-17(24-23-14)12-25-2-4-26(5-3-25)18(27)11-19-7-15-6-16(8-19)10-20(21,9-15)13-19/h15-16H,2-13H2,1H3,(H,22,23,24). The molecule has 0 radical (unpaired) electrons. The van der Waals surface area contributed by atoms with E-state index in [4.69, 9.17) is 0 Å². The van der Waals surface area contributed by atoms with Crippen LogP contribution in [0.4, 0.5) is 0 Å². The Kier molecular flexibility index (Phi) is 4.39. The molecular weight excluding hydrogens is 406 g/mol. The van der Waals surface area contributed by atoms with Crippen LogP contribution in [0.1, 0.15) is 56.6 Å². The monoisotopic (exact) mass is 435 g/mol. The zero-order valence-electron chi connectivity index (χ0n) is 16.2. The van der Waals surface area contributed by atoms with Crippen molar-refractivity contribution in [3.05, 3.63) is 11.6 Å². The van der Waals surface area contributed by atoms with Gasteiger partial charge in [-0.1, -0.05) is 15.9 Å². The van der Waals surface area contributed by atoms with Gasteiger partial charge in [0.2, 0.25) is 5.91 Å². The van der Waals surface area contributed by atoms with Gasteiger partial charge in [0.15, 0.2) is 5.82 Å². The second-order valence-corrected chi connectivity index (χ2v) is 11.5. The quantitative estimate of drug-likeness (QED) is 0.738. The molecule has 0 aromatic carbocycles. The van der Waals surface area contributed by atoms with Crippen LogP contribution in [0.5, 0.6) is 0 Å². The molecule has 6 rings (SSSR count). The molecule has 5 fully saturated rings. The summed E-state index contributed by atoms with van der Waals surface area (Å²) in [6.07, 6.45) is 8.62. The van der Waals surface area contributed by atoms with Gasteiger partial charge in [-0.05, 0) is 62.7 Å². The molecule has 4 aliphatic carbocycles. The van der Waals surface area contributed by atoms with Crippen LogP contribution < -0.4 is 0 Å². The lowest BCUT2D eigenvalue weighted by molar-refractivity contribution is -0.140. The number of alkyl halides is 1.